The summed E-state index contributed by atoms with van der Waals surface area (Å²) in [6.45, 7) is 0. The van der Waals surface area contributed by atoms with Crippen molar-refractivity contribution < 1.29 is 0 Å². The van der Waals surface area contributed by atoms with Crippen molar-refractivity contribution in [3.05, 3.63) is 53.6 Å². The van der Waals surface area contributed by atoms with Crippen LogP contribution in [0.4, 0.5) is 11.5 Å². The van der Waals surface area contributed by atoms with E-state index < -0.39 is 0 Å². The summed E-state index contributed by atoms with van der Waals surface area (Å²) in [6.07, 6.45) is 0. The van der Waals surface area contributed by atoms with Gasteiger partial charge in [-0.25, -0.2) is 4.98 Å². The number of para-hydroxylation sites is 1. The number of halogens is 1. The predicted molar refractivity (Wildman–Crippen MR) is 85.4 cm³/mol. The highest BCUT2D eigenvalue weighted by Crippen LogP contribution is 2.47. The van der Waals surface area contributed by atoms with Crippen molar-refractivity contribution in [1.82, 2.24) is 4.98 Å². The van der Waals surface area contributed by atoms with Gasteiger partial charge in [-0.05, 0) is 30.3 Å². The number of hydrogen-bond donors (Lipinski definition) is 0. The van der Waals surface area contributed by atoms with E-state index in [1.807, 2.05) is 43.4 Å². The minimum atomic E-state index is 0.766. The monoisotopic (exact) mass is 298 g/mol. The van der Waals surface area contributed by atoms with Crippen LogP contribution in [0.1, 0.15) is 0 Å². The summed E-state index contributed by atoms with van der Waals surface area (Å²) < 4.78 is 0. The van der Waals surface area contributed by atoms with Crippen LogP contribution < -0.4 is 4.90 Å². The average Bonchev–Trinajstić information content (AvgIpc) is 2.45. The number of aromatic nitrogens is 1. The van der Waals surface area contributed by atoms with Crippen LogP contribution in [0.5, 0.6) is 0 Å². The molecule has 0 bridgehead atoms. The molecule has 0 amide bonds. The Kier molecular flexibility index (Phi) is 2.65. The highest BCUT2D eigenvalue weighted by molar-refractivity contribution is 7.99. The Morgan fingerprint density at radius 3 is 2.80 bits per heavy atom. The van der Waals surface area contributed by atoms with Gasteiger partial charge in [-0.2, -0.15) is 0 Å². The molecule has 4 heteroatoms. The standard InChI is InChI=1S/C16H11ClN2S/c1-19-13-7-6-11(17)9-14(13)20-15-8-10-4-2-3-5-12(10)18-16(15)19/h2-9H,1H3. The molecule has 3 aromatic rings. The summed E-state index contributed by atoms with van der Waals surface area (Å²) in [5, 5.41) is 1.93. The average molecular weight is 299 g/mol. The van der Waals surface area contributed by atoms with Gasteiger partial charge in [0.25, 0.3) is 0 Å². The Morgan fingerprint density at radius 2 is 1.90 bits per heavy atom. The molecule has 0 saturated carbocycles. The van der Waals surface area contributed by atoms with Gasteiger partial charge >= 0.3 is 0 Å². The fourth-order valence-corrected chi connectivity index (χ4v) is 3.91. The van der Waals surface area contributed by atoms with Gasteiger partial charge in [-0.15, -0.1) is 0 Å². The van der Waals surface area contributed by atoms with E-state index in [1.54, 1.807) is 11.8 Å². The third-order valence-corrected chi connectivity index (χ3v) is 4.79. The molecule has 20 heavy (non-hydrogen) atoms. The van der Waals surface area contributed by atoms with Gasteiger partial charge < -0.3 is 4.90 Å². The maximum absolute atomic E-state index is 6.10. The van der Waals surface area contributed by atoms with Gasteiger partial charge in [0.2, 0.25) is 0 Å². The Balaban J connectivity index is 1.95. The minimum Gasteiger partial charge on any atom is -0.327 e. The molecule has 4 rings (SSSR count). The molecule has 98 valence electrons. The fourth-order valence-electron chi connectivity index (χ4n) is 2.48. The Morgan fingerprint density at radius 1 is 1.05 bits per heavy atom. The lowest BCUT2D eigenvalue weighted by atomic mass is 10.2. The van der Waals surface area contributed by atoms with Crippen LogP contribution in [0.15, 0.2) is 58.3 Å². The van der Waals surface area contributed by atoms with Crippen molar-refractivity contribution in [2.75, 3.05) is 11.9 Å². The first-order chi connectivity index (χ1) is 9.72. The van der Waals surface area contributed by atoms with Gasteiger partial charge in [0.15, 0.2) is 0 Å². The number of hydrogen-bond acceptors (Lipinski definition) is 3. The quantitative estimate of drug-likeness (QED) is 0.573. The van der Waals surface area contributed by atoms with Crippen molar-refractivity contribution in [2.24, 2.45) is 0 Å². The molecule has 0 spiro atoms. The van der Waals surface area contributed by atoms with Crippen molar-refractivity contribution in [2.45, 2.75) is 9.79 Å². The number of pyridine rings is 1. The zero-order valence-electron chi connectivity index (χ0n) is 10.8. The Hall–Kier alpha value is -1.71. The number of nitrogens with zero attached hydrogens (tertiary/aromatic N) is 2. The van der Waals surface area contributed by atoms with E-state index in [-0.39, 0.29) is 0 Å². The molecule has 0 atom stereocenters. The lowest BCUT2D eigenvalue weighted by Crippen LogP contribution is -2.16. The van der Waals surface area contributed by atoms with Crippen molar-refractivity contribution in [1.29, 1.82) is 0 Å². The summed E-state index contributed by atoms with van der Waals surface area (Å²) in [4.78, 5) is 9.26. The molecule has 2 nitrogen and oxygen atoms in total. The maximum Gasteiger partial charge on any atom is 0.147 e. The lowest BCUT2D eigenvalue weighted by molar-refractivity contribution is 1.06. The fraction of sp³-hybridized carbons (Fsp3) is 0.0625. The SMILES string of the molecule is CN1c2ccc(Cl)cc2Sc2cc3ccccc3nc21. The number of benzene rings is 2. The summed E-state index contributed by atoms with van der Waals surface area (Å²) >= 11 is 7.83. The molecule has 0 fully saturated rings. The van der Waals surface area contributed by atoms with Crippen LogP contribution in [-0.2, 0) is 0 Å². The largest absolute Gasteiger partial charge is 0.327 e. The maximum atomic E-state index is 6.10. The second-order valence-electron chi connectivity index (χ2n) is 4.78. The number of fused-ring (bicyclic) bond motifs is 3. The van der Waals surface area contributed by atoms with Gasteiger partial charge in [0, 0.05) is 22.4 Å². The molecule has 0 unspecified atom stereocenters. The number of anilines is 2. The first-order valence-corrected chi connectivity index (χ1v) is 7.53. The molecule has 1 aromatic heterocycles. The van der Waals surface area contributed by atoms with E-state index in [0.717, 1.165) is 27.4 Å². The smallest absolute Gasteiger partial charge is 0.147 e. The zero-order chi connectivity index (χ0) is 13.7. The zero-order valence-corrected chi connectivity index (χ0v) is 12.4. The second-order valence-corrected chi connectivity index (χ2v) is 6.30. The van der Waals surface area contributed by atoms with Gasteiger partial charge in [-0.3, -0.25) is 0 Å². The van der Waals surface area contributed by atoms with Crippen molar-refractivity contribution in [3.63, 3.8) is 0 Å². The van der Waals surface area contributed by atoms with Crippen LogP contribution in [0.2, 0.25) is 5.02 Å². The summed E-state index contributed by atoms with van der Waals surface area (Å²) in [6, 6.07) is 16.4. The predicted octanol–water partition coefficient (Wildman–Crippen LogP) is 5.12. The van der Waals surface area contributed by atoms with Crippen LogP contribution in [0.25, 0.3) is 10.9 Å². The molecule has 2 heterocycles. The van der Waals surface area contributed by atoms with Crippen LogP contribution in [-0.4, -0.2) is 12.0 Å². The normalized spacial score (nSPS) is 13.2. The second kappa shape index (κ2) is 4.40. The molecule has 0 radical (unpaired) electrons. The molecule has 0 N–H and O–H groups in total. The van der Waals surface area contributed by atoms with E-state index >= 15 is 0 Å². The molecular formula is C16H11ClN2S. The van der Waals surface area contributed by atoms with Crippen molar-refractivity contribution >= 4 is 45.8 Å². The van der Waals surface area contributed by atoms with Crippen molar-refractivity contribution in [3.8, 4) is 0 Å². The molecule has 1 aliphatic rings. The van der Waals surface area contributed by atoms with Crippen LogP contribution in [0.3, 0.4) is 0 Å². The Labute approximate surface area is 126 Å². The van der Waals surface area contributed by atoms with Gasteiger partial charge in [-0.1, -0.05) is 41.6 Å². The van der Waals surface area contributed by atoms with Gasteiger partial charge in [0.1, 0.15) is 5.82 Å². The number of rotatable bonds is 0. The molecule has 2 aromatic carbocycles. The van der Waals surface area contributed by atoms with E-state index in [0.29, 0.717) is 0 Å². The van der Waals surface area contributed by atoms with Gasteiger partial charge in [0.05, 0.1) is 16.1 Å². The first kappa shape index (κ1) is 12.1. The third kappa shape index (κ3) is 1.78. The van der Waals surface area contributed by atoms with Crippen LogP contribution >= 0.6 is 23.4 Å². The van der Waals surface area contributed by atoms with E-state index in [4.69, 9.17) is 16.6 Å². The minimum absolute atomic E-state index is 0.766. The Bertz CT molecular complexity index is 832. The summed E-state index contributed by atoms with van der Waals surface area (Å²) in [7, 11) is 2.05. The highest BCUT2D eigenvalue weighted by atomic mass is 35.5. The lowest BCUT2D eigenvalue weighted by Gasteiger charge is -2.28. The van der Waals surface area contributed by atoms with Crippen LogP contribution in [0, 0.1) is 0 Å². The molecular weight excluding hydrogens is 288 g/mol. The topological polar surface area (TPSA) is 16.1 Å². The summed E-state index contributed by atoms with van der Waals surface area (Å²) in [5.74, 6) is 1.00. The molecule has 1 aliphatic heterocycles. The highest BCUT2D eigenvalue weighted by Gasteiger charge is 2.22. The molecule has 0 aliphatic carbocycles. The molecule has 0 saturated heterocycles. The van der Waals surface area contributed by atoms with E-state index in [2.05, 4.69) is 17.0 Å². The third-order valence-electron chi connectivity index (χ3n) is 3.49. The first-order valence-electron chi connectivity index (χ1n) is 6.33. The van der Waals surface area contributed by atoms with E-state index in [1.165, 1.54) is 9.79 Å². The van der Waals surface area contributed by atoms with E-state index in [9.17, 15) is 0 Å². The summed E-state index contributed by atoms with van der Waals surface area (Å²) in [5.41, 5.74) is 2.17.